The van der Waals surface area contributed by atoms with Crippen LogP contribution >= 0.6 is 0 Å². The minimum absolute atomic E-state index is 0.612. The summed E-state index contributed by atoms with van der Waals surface area (Å²) in [4.78, 5) is 0. The molecule has 1 saturated carbocycles. The van der Waals surface area contributed by atoms with Crippen molar-refractivity contribution < 1.29 is 0 Å². The summed E-state index contributed by atoms with van der Waals surface area (Å²) in [5.41, 5.74) is 1.25. The summed E-state index contributed by atoms with van der Waals surface area (Å²) in [5, 5.41) is 0. The van der Waals surface area contributed by atoms with Gasteiger partial charge < -0.3 is 0 Å². The molecule has 2 atom stereocenters. The molecule has 0 nitrogen and oxygen atoms in total. The van der Waals surface area contributed by atoms with E-state index in [1.807, 2.05) is 0 Å². The summed E-state index contributed by atoms with van der Waals surface area (Å²) >= 11 is 0. The van der Waals surface area contributed by atoms with Crippen molar-refractivity contribution in [3.8, 4) is 0 Å². The van der Waals surface area contributed by atoms with Crippen molar-refractivity contribution in [2.24, 2.45) is 22.7 Å². The molecule has 0 aromatic heterocycles. The molecule has 1 rings (SSSR count). The fourth-order valence-electron chi connectivity index (χ4n) is 2.68. The van der Waals surface area contributed by atoms with Crippen LogP contribution in [0.4, 0.5) is 0 Å². The summed E-state index contributed by atoms with van der Waals surface area (Å²) in [7, 11) is 0. The molecule has 0 aromatic rings. The third-order valence-corrected chi connectivity index (χ3v) is 4.14. The van der Waals surface area contributed by atoms with Gasteiger partial charge in [-0.1, -0.05) is 41.5 Å². The molecular weight excluding hydrogens is 144 g/mol. The van der Waals surface area contributed by atoms with Crippen LogP contribution in [0.1, 0.15) is 54.4 Å². The molecule has 0 N–H and O–H groups in total. The first kappa shape index (κ1) is 10.1. The molecule has 72 valence electrons. The minimum atomic E-state index is 0.612. The first-order chi connectivity index (χ1) is 5.29. The highest BCUT2D eigenvalue weighted by molar-refractivity contribution is 5.08. The van der Waals surface area contributed by atoms with E-state index in [1.165, 1.54) is 12.8 Å². The number of hydrogen-bond donors (Lipinski definition) is 0. The van der Waals surface area contributed by atoms with Gasteiger partial charge in [0.25, 0.3) is 0 Å². The Bertz CT molecular complexity index is 167. The van der Waals surface area contributed by atoms with Crippen molar-refractivity contribution in [2.45, 2.75) is 54.4 Å². The van der Waals surface area contributed by atoms with Gasteiger partial charge in [-0.3, -0.25) is 0 Å². The fraction of sp³-hybridized carbons (Fsp3) is 1.00. The summed E-state index contributed by atoms with van der Waals surface area (Å²) < 4.78 is 0. The van der Waals surface area contributed by atoms with Crippen LogP contribution < -0.4 is 0 Å². The van der Waals surface area contributed by atoms with E-state index in [4.69, 9.17) is 0 Å². The van der Waals surface area contributed by atoms with Crippen molar-refractivity contribution in [1.29, 1.82) is 0 Å². The summed E-state index contributed by atoms with van der Waals surface area (Å²) in [5.74, 6) is 1.75. The van der Waals surface area contributed by atoms with E-state index < -0.39 is 0 Å². The third-order valence-electron chi connectivity index (χ3n) is 4.14. The second kappa shape index (κ2) is 2.75. The SMILES string of the molecule is CC(C)CC(C)C1(C)CC1(C)C. The molecule has 0 aliphatic heterocycles. The van der Waals surface area contributed by atoms with Gasteiger partial charge in [0.2, 0.25) is 0 Å². The van der Waals surface area contributed by atoms with Gasteiger partial charge in [-0.25, -0.2) is 0 Å². The van der Waals surface area contributed by atoms with Crippen LogP contribution in [0.2, 0.25) is 0 Å². The second-order valence-electron chi connectivity index (χ2n) is 6.01. The Balaban J connectivity index is 2.50. The summed E-state index contributed by atoms with van der Waals surface area (Å²) in [6.07, 6.45) is 2.81. The van der Waals surface area contributed by atoms with E-state index in [2.05, 4.69) is 41.5 Å². The van der Waals surface area contributed by atoms with Crippen LogP contribution in [-0.2, 0) is 0 Å². The average Bonchev–Trinajstić information content (AvgIpc) is 2.32. The Labute approximate surface area is 77.7 Å². The van der Waals surface area contributed by atoms with Crippen molar-refractivity contribution in [1.82, 2.24) is 0 Å². The van der Waals surface area contributed by atoms with Crippen LogP contribution in [0.15, 0.2) is 0 Å². The number of rotatable bonds is 3. The maximum Gasteiger partial charge on any atom is -0.0243 e. The Morgan fingerprint density at radius 2 is 1.50 bits per heavy atom. The van der Waals surface area contributed by atoms with Gasteiger partial charge in [0.15, 0.2) is 0 Å². The Morgan fingerprint density at radius 1 is 1.08 bits per heavy atom. The van der Waals surface area contributed by atoms with Crippen LogP contribution in [0, 0.1) is 22.7 Å². The molecule has 1 fully saturated rings. The maximum atomic E-state index is 2.46. The molecule has 0 spiro atoms. The van der Waals surface area contributed by atoms with Crippen LogP contribution in [0.5, 0.6) is 0 Å². The predicted molar refractivity (Wildman–Crippen MR) is 55.1 cm³/mol. The topological polar surface area (TPSA) is 0 Å². The zero-order valence-electron chi connectivity index (χ0n) is 9.57. The Hall–Kier alpha value is 0. The maximum absolute atomic E-state index is 2.46. The van der Waals surface area contributed by atoms with Crippen molar-refractivity contribution in [3.05, 3.63) is 0 Å². The highest BCUT2D eigenvalue weighted by Gasteiger charge is 2.59. The van der Waals surface area contributed by atoms with Crippen LogP contribution in [-0.4, -0.2) is 0 Å². The molecule has 0 amide bonds. The summed E-state index contributed by atoms with van der Waals surface area (Å²) in [6.45, 7) is 14.4. The molecule has 0 heteroatoms. The smallest absolute Gasteiger partial charge is 0.0243 e. The normalized spacial score (nSPS) is 35.2. The van der Waals surface area contributed by atoms with E-state index in [0.717, 1.165) is 11.8 Å². The number of hydrogen-bond acceptors (Lipinski definition) is 0. The van der Waals surface area contributed by atoms with E-state index in [-0.39, 0.29) is 0 Å². The van der Waals surface area contributed by atoms with Crippen molar-refractivity contribution in [3.63, 3.8) is 0 Å². The van der Waals surface area contributed by atoms with Crippen molar-refractivity contribution in [2.75, 3.05) is 0 Å². The molecule has 1 aliphatic carbocycles. The Morgan fingerprint density at radius 3 is 1.75 bits per heavy atom. The van der Waals surface area contributed by atoms with E-state index in [9.17, 15) is 0 Å². The first-order valence-electron chi connectivity index (χ1n) is 5.29. The lowest BCUT2D eigenvalue weighted by Crippen LogP contribution is -2.16. The minimum Gasteiger partial charge on any atom is -0.0628 e. The molecule has 1 aliphatic rings. The average molecular weight is 168 g/mol. The van der Waals surface area contributed by atoms with E-state index >= 15 is 0 Å². The van der Waals surface area contributed by atoms with Gasteiger partial charge in [-0.05, 0) is 35.5 Å². The van der Waals surface area contributed by atoms with E-state index in [1.54, 1.807) is 0 Å². The molecule has 0 bridgehead atoms. The quantitative estimate of drug-likeness (QED) is 0.595. The van der Waals surface area contributed by atoms with E-state index in [0.29, 0.717) is 10.8 Å². The highest BCUT2D eigenvalue weighted by Crippen LogP contribution is 2.67. The van der Waals surface area contributed by atoms with Gasteiger partial charge in [-0.2, -0.15) is 0 Å². The van der Waals surface area contributed by atoms with Gasteiger partial charge in [0, 0.05) is 0 Å². The molecule has 2 unspecified atom stereocenters. The zero-order chi connectivity index (χ0) is 9.57. The molecule has 0 radical (unpaired) electrons. The standard InChI is InChI=1S/C12H24/c1-9(2)7-10(3)12(6)8-11(12,4)5/h9-10H,7-8H2,1-6H3. The summed E-state index contributed by atoms with van der Waals surface area (Å²) in [6, 6.07) is 0. The van der Waals surface area contributed by atoms with Gasteiger partial charge in [0.1, 0.15) is 0 Å². The largest absolute Gasteiger partial charge is 0.0628 e. The van der Waals surface area contributed by atoms with Gasteiger partial charge >= 0.3 is 0 Å². The molecule has 0 heterocycles. The lowest BCUT2D eigenvalue weighted by atomic mass is 9.81. The monoisotopic (exact) mass is 168 g/mol. The molecule has 0 aromatic carbocycles. The van der Waals surface area contributed by atoms with Gasteiger partial charge in [-0.15, -0.1) is 0 Å². The molecular formula is C12H24. The van der Waals surface area contributed by atoms with Gasteiger partial charge in [0.05, 0.1) is 0 Å². The lowest BCUT2D eigenvalue weighted by Gasteiger charge is -2.24. The first-order valence-corrected chi connectivity index (χ1v) is 5.29. The van der Waals surface area contributed by atoms with Crippen LogP contribution in [0.25, 0.3) is 0 Å². The third kappa shape index (κ3) is 1.53. The highest BCUT2D eigenvalue weighted by atomic mass is 14.6. The zero-order valence-corrected chi connectivity index (χ0v) is 9.57. The second-order valence-corrected chi connectivity index (χ2v) is 6.01. The predicted octanol–water partition coefficient (Wildman–Crippen LogP) is 4.10. The Kier molecular flexibility index (Phi) is 2.31. The molecule has 12 heavy (non-hydrogen) atoms. The molecule has 0 saturated heterocycles. The van der Waals surface area contributed by atoms with Crippen molar-refractivity contribution >= 4 is 0 Å². The van der Waals surface area contributed by atoms with Crippen LogP contribution in [0.3, 0.4) is 0 Å². The lowest BCUT2D eigenvalue weighted by molar-refractivity contribution is 0.249. The fourth-order valence-corrected chi connectivity index (χ4v) is 2.68.